The van der Waals surface area contributed by atoms with E-state index in [1.807, 2.05) is 33.9 Å². The maximum atomic E-state index is 15.2. The number of aryl methyl sites for hydroxylation is 2. The van der Waals surface area contributed by atoms with Crippen molar-refractivity contribution < 1.29 is 13.7 Å². The maximum absolute atomic E-state index is 15.2. The van der Waals surface area contributed by atoms with Crippen molar-refractivity contribution in [2.24, 2.45) is 0 Å². The Bertz CT molecular complexity index is 1360. The van der Waals surface area contributed by atoms with Crippen LogP contribution in [-0.2, 0) is 13.1 Å². The van der Waals surface area contributed by atoms with E-state index in [2.05, 4.69) is 26.4 Å². The third-order valence-electron chi connectivity index (χ3n) is 6.39. The van der Waals surface area contributed by atoms with E-state index in [-0.39, 0.29) is 11.4 Å². The van der Waals surface area contributed by atoms with Crippen LogP contribution in [0.2, 0.25) is 0 Å². The predicted octanol–water partition coefficient (Wildman–Crippen LogP) is 4.77. The van der Waals surface area contributed by atoms with Crippen molar-refractivity contribution in [2.75, 3.05) is 25.1 Å². The second-order valence-corrected chi connectivity index (χ2v) is 8.96. The highest BCUT2D eigenvalue weighted by molar-refractivity contribution is 5.75. The lowest BCUT2D eigenvalue weighted by atomic mass is 10.0. The Labute approximate surface area is 209 Å². The van der Waals surface area contributed by atoms with Crippen LogP contribution >= 0.6 is 0 Å². The van der Waals surface area contributed by atoms with Crippen LogP contribution in [-0.4, -0.2) is 40.3 Å². The molecule has 8 nitrogen and oxygen atoms in total. The summed E-state index contributed by atoms with van der Waals surface area (Å²) in [5.74, 6) is 1.83. The molecule has 0 spiro atoms. The van der Waals surface area contributed by atoms with Crippen LogP contribution in [0.3, 0.4) is 0 Å². The molecule has 0 unspecified atom stereocenters. The van der Waals surface area contributed by atoms with Crippen molar-refractivity contribution in [1.82, 2.24) is 25.4 Å². The molecule has 0 bridgehead atoms. The van der Waals surface area contributed by atoms with Gasteiger partial charge in [0.25, 0.3) is 0 Å². The van der Waals surface area contributed by atoms with Crippen LogP contribution < -0.4 is 15.0 Å². The van der Waals surface area contributed by atoms with Gasteiger partial charge < -0.3 is 19.5 Å². The molecule has 0 saturated carbocycles. The zero-order valence-corrected chi connectivity index (χ0v) is 20.9. The fourth-order valence-corrected chi connectivity index (χ4v) is 4.55. The molecule has 0 fully saturated rings. The first-order valence-electron chi connectivity index (χ1n) is 12.0. The van der Waals surface area contributed by atoms with Crippen molar-refractivity contribution in [3.05, 3.63) is 70.6 Å². The van der Waals surface area contributed by atoms with Crippen molar-refractivity contribution in [1.29, 1.82) is 0 Å². The number of rotatable bonds is 8. The van der Waals surface area contributed by atoms with E-state index >= 15 is 4.39 Å². The van der Waals surface area contributed by atoms with Gasteiger partial charge in [-0.05, 0) is 70.6 Å². The molecular formula is C27H29FN6O2. The predicted molar refractivity (Wildman–Crippen MR) is 135 cm³/mol. The van der Waals surface area contributed by atoms with Crippen LogP contribution in [0.15, 0.2) is 41.1 Å². The fourth-order valence-electron chi connectivity index (χ4n) is 4.55. The van der Waals surface area contributed by atoms with Crippen molar-refractivity contribution in [2.45, 2.75) is 40.3 Å². The smallest absolute Gasteiger partial charge is 0.165 e. The zero-order chi connectivity index (χ0) is 25.2. The number of halogens is 1. The minimum Gasteiger partial charge on any atom is -0.494 e. The summed E-state index contributed by atoms with van der Waals surface area (Å²) in [5.41, 5.74) is 5.52. The molecule has 3 aromatic heterocycles. The Balaban J connectivity index is 1.61. The Morgan fingerprint density at radius 3 is 2.75 bits per heavy atom. The molecule has 0 aliphatic carbocycles. The lowest BCUT2D eigenvalue weighted by Gasteiger charge is -2.21. The van der Waals surface area contributed by atoms with Gasteiger partial charge in [0.1, 0.15) is 23.1 Å². The average molecular weight is 489 g/mol. The number of anilines is 1. The molecule has 0 saturated heterocycles. The average Bonchev–Trinajstić information content (AvgIpc) is 3.46. The second-order valence-electron chi connectivity index (χ2n) is 8.96. The molecule has 5 rings (SSSR count). The number of nitrogens with zero attached hydrogens (tertiary/aromatic N) is 5. The number of ether oxygens (including phenoxy) is 1. The summed E-state index contributed by atoms with van der Waals surface area (Å²) in [7, 11) is 1.90. The SMILES string of the molecule is CNCCCOc1ccc(F)c(-c2nc(-c3c(C)noc3C)c(C)c(N3Cc4cccnc4C3)n2)c1. The van der Waals surface area contributed by atoms with Crippen molar-refractivity contribution in [3.63, 3.8) is 0 Å². The van der Waals surface area contributed by atoms with Gasteiger partial charge in [-0.15, -0.1) is 0 Å². The van der Waals surface area contributed by atoms with Gasteiger partial charge in [0, 0.05) is 18.3 Å². The number of benzene rings is 1. The molecule has 1 N–H and O–H groups in total. The highest BCUT2D eigenvalue weighted by Gasteiger charge is 2.27. The van der Waals surface area contributed by atoms with Gasteiger partial charge in [0.05, 0.1) is 41.4 Å². The number of nitrogens with one attached hydrogen (secondary N) is 1. The van der Waals surface area contributed by atoms with E-state index in [1.54, 1.807) is 18.3 Å². The summed E-state index contributed by atoms with van der Waals surface area (Å²) in [6, 6.07) is 8.71. The minimum atomic E-state index is -0.413. The highest BCUT2D eigenvalue weighted by atomic mass is 19.1. The molecule has 1 aromatic carbocycles. The molecule has 0 radical (unpaired) electrons. The van der Waals surface area contributed by atoms with Crippen molar-refractivity contribution in [3.8, 4) is 28.4 Å². The van der Waals surface area contributed by atoms with Gasteiger partial charge in [0.15, 0.2) is 5.82 Å². The van der Waals surface area contributed by atoms with Gasteiger partial charge in [-0.2, -0.15) is 0 Å². The molecule has 4 aromatic rings. The van der Waals surface area contributed by atoms with E-state index in [0.717, 1.165) is 46.9 Å². The Morgan fingerprint density at radius 1 is 1.14 bits per heavy atom. The quantitative estimate of drug-likeness (QED) is 0.355. The topological polar surface area (TPSA) is 89.2 Å². The van der Waals surface area contributed by atoms with Gasteiger partial charge in [-0.1, -0.05) is 11.2 Å². The largest absolute Gasteiger partial charge is 0.494 e. The standard InChI is InChI=1S/C27H29FN6O2/c1-16-25(24-17(2)33-36-18(24)3)31-26(21-13-20(8-9-22(21)28)35-12-6-10-29-4)32-27(16)34-14-19-7-5-11-30-23(19)15-34/h5,7-9,11,13,29H,6,10,12,14-15H2,1-4H3. The van der Waals surface area contributed by atoms with E-state index in [1.165, 1.54) is 6.07 Å². The molecule has 1 aliphatic heterocycles. The fraction of sp³-hybridized carbons (Fsp3) is 0.333. The molecule has 9 heteroatoms. The van der Waals surface area contributed by atoms with Crippen molar-refractivity contribution >= 4 is 5.82 Å². The molecule has 1 aliphatic rings. The molecule has 4 heterocycles. The van der Waals surface area contributed by atoms with Crippen LogP contribution in [0.1, 0.15) is 34.7 Å². The first-order valence-corrected chi connectivity index (χ1v) is 12.0. The Hall–Kier alpha value is -3.85. The van der Waals surface area contributed by atoms with E-state index in [4.69, 9.17) is 19.2 Å². The number of aromatic nitrogens is 4. The molecule has 186 valence electrons. The summed E-state index contributed by atoms with van der Waals surface area (Å²) in [6.07, 6.45) is 2.64. The minimum absolute atomic E-state index is 0.283. The maximum Gasteiger partial charge on any atom is 0.165 e. The number of pyridine rings is 1. The van der Waals surface area contributed by atoms with E-state index < -0.39 is 5.82 Å². The lowest BCUT2D eigenvalue weighted by molar-refractivity contribution is 0.309. The number of hydrogen-bond acceptors (Lipinski definition) is 8. The molecule has 0 amide bonds. The van der Waals surface area contributed by atoms with Gasteiger partial charge in [-0.3, -0.25) is 4.98 Å². The first kappa shape index (κ1) is 23.9. The van der Waals surface area contributed by atoms with Crippen LogP contribution in [0.4, 0.5) is 10.2 Å². The third kappa shape index (κ3) is 4.54. The lowest BCUT2D eigenvalue weighted by Crippen LogP contribution is -2.19. The monoisotopic (exact) mass is 488 g/mol. The third-order valence-corrected chi connectivity index (χ3v) is 6.39. The Kier molecular flexibility index (Phi) is 6.65. The van der Waals surface area contributed by atoms with Gasteiger partial charge in [0.2, 0.25) is 0 Å². The van der Waals surface area contributed by atoms with Crippen LogP contribution in [0, 0.1) is 26.6 Å². The van der Waals surface area contributed by atoms with Gasteiger partial charge in [-0.25, -0.2) is 14.4 Å². The summed E-state index contributed by atoms with van der Waals surface area (Å²) >= 11 is 0. The summed E-state index contributed by atoms with van der Waals surface area (Å²) < 4.78 is 26.5. The number of fused-ring (bicyclic) bond motifs is 1. The van der Waals surface area contributed by atoms with E-state index in [9.17, 15) is 0 Å². The van der Waals surface area contributed by atoms with E-state index in [0.29, 0.717) is 36.9 Å². The number of hydrogen-bond donors (Lipinski definition) is 1. The second kappa shape index (κ2) is 10.0. The summed E-state index contributed by atoms with van der Waals surface area (Å²) in [6.45, 7) is 8.36. The zero-order valence-electron chi connectivity index (χ0n) is 20.9. The molecule has 0 atom stereocenters. The Morgan fingerprint density at radius 2 is 2.00 bits per heavy atom. The molecular weight excluding hydrogens is 459 g/mol. The first-order chi connectivity index (χ1) is 17.5. The summed E-state index contributed by atoms with van der Waals surface area (Å²) in [5, 5.41) is 7.21. The van der Waals surface area contributed by atoms with Gasteiger partial charge >= 0.3 is 0 Å². The highest BCUT2D eigenvalue weighted by Crippen LogP contribution is 2.37. The van der Waals surface area contributed by atoms with Crippen LogP contribution in [0.25, 0.3) is 22.6 Å². The molecule has 36 heavy (non-hydrogen) atoms. The van der Waals surface area contributed by atoms with Crippen LogP contribution in [0.5, 0.6) is 5.75 Å². The normalized spacial score (nSPS) is 12.8. The summed E-state index contributed by atoms with van der Waals surface area (Å²) in [4.78, 5) is 16.4.